The van der Waals surface area contributed by atoms with Gasteiger partial charge in [-0.3, -0.25) is 5.84 Å². The Hall–Kier alpha value is -0.780. The molecule has 114 valence electrons. The van der Waals surface area contributed by atoms with Gasteiger partial charge in [-0.05, 0) is 54.4 Å². The van der Waals surface area contributed by atoms with Gasteiger partial charge in [0.15, 0.2) is 11.4 Å². The van der Waals surface area contributed by atoms with Crippen LogP contribution in [0.3, 0.4) is 0 Å². The van der Waals surface area contributed by atoms with E-state index < -0.39 is 11.4 Å². The predicted octanol–water partition coefficient (Wildman–Crippen LogP) is 2.74. The molecule has 2 N–H and O–H groups in total. The number of hydrogen-bond acceptors (Lipinski definition) is 5. The zero-order valence-corrected chi connectivity index (χ0v) is 13.7. The van der Waals surface area contributed by atoms with Gasteiger partial charge < -0.3 is 4.74 Å². The lowest BCUT2D eigenvalue weighted by Crippen LogP contribution is -2.61. The molecule has 0 aromatic carbocycles. The Morgan fingerprint density at radius 1 is 1.00 bits per heavy atom. The average molecular weight is 288 g/mol. The number of rotatable bonds is 0. The van der Waals surface area contributed by atoms with Crippen LogP contribution < -0.4 is 5.84 Å². The molecular weight excluding hydrogens is 264 g/mol. The molecule has 3 aliphatic heterocycles. The van der Waals surface area contributed by atoms with Crippen LogP contribution in [0.5, 0.6) is 0 Å². The molecule has 0 aromatic heterocycles. The minimum absolute atomic E-state index is 0.0261. The monoisotopic (exact) mass is 288 g/mol. The Labute approximate surface area is 125 Å². The maximum Gasteiger partial charge on any atom is 0.187 e. The zero-order valence-electron chi connectivity index (χ0n) is 13.7. The van der Waals surface area contributed by atoms with Crippen molar-refractivity contribution in [3.63, 3.8) is 0 Å². The van der Waals surface area contributed by atoms with E-state index in [4.69, 9.17) is 10.6 Å². The molecule has 0 radical (unpaired) electrons. The smallest absolute Gasteiger partial charge is 0.187 e. The largest absolute Gasteiger partial charge is 0.343 e. The van der Waals surface area contributed by atoms with E-state index in [1.807, 2.05) is 5.01 Å². The number of nitrogens with zero attached hydrogens (tertiary/aromatic N) is 3. The number of hydrogen-bond donors (Lipinski definition) is 1. The Morgan fingerprint density at radius 3 is 2.19 bits per heavy atom. The standard InChI is InChI=1S/C16H24N4O/c1-9-7-15-11(3)12(15,4)21-14(6)16(15,8-10(9)2)13(5,18-19-14)20(11)17/h7-8,17H2,1-6H3/t11-,12+,13+,14-,15?,16?/m0/s1. The third kappa shape index (κ3) is 0.700. The quantitative estimate of drug-likeness (QED) is 0.550. The van der Waals surface area contributed by atoms with Crippen LogP contribution in [0.25, 0.3) is 0 Å². The number of nitrogens with two attached hydrogens (primary N) is 1. The van der Waals surface area contributed by atoms with Gasteiger partial charge in [0, 0.05) is 5.41 Å². The molecule has 2 spiro atoms. The molecule has 0 bridgehead atoms. The van der Waals surface area contributed by atoms with E-state index in [9.17, 15) is 0 Å². The molecule has 2 saturated heterocycles. The normalized spacial score (nSPS) is 66.8. The highest BCUT2D eigenvalue weighted by Gasteiger charge is 3.07. The van der Waals surface area contributed by atoms with E-state index >= 15 is 0 Å². The summed E-state index contributed by atoms with van der Waals surface area (Å²) in [5.41, 5.74) is 1.43. The van der Waals surface area contributed by atoms with Crippen molar-refractivity contribution in [2.45, 2.75) is 76.9 Å². The topological polar surface area (TPSA) is 63.2 Å². The molecule has 3 fully saturated rings. The lowest BCUT2D eigenvalue weighted by Gasteiger charge is -2.48. The summed E-state index contributed by atoms with van der Waals surface area (Å²) in [6.07, 6.45) is 2.04. The van der Waals surface area contributed by atoms with Gasteiger partial charge in [0.1, 0.15) is 0 Å². The van der Waals surface area contributed by atoms with Crippen LogP contribution in [0.4, 0.5) is 0 Å². The third-order valence-electron chi connectivity index (χ3n) is 8.42. The number of piperidine rings is 1. The van der Waals surface area contributed by atoms with Crippen LogP contribution in [0.1, 0.15) is 54.4 Å². The first kappa shape index (κ1) is 12.7. The molecule has 0 amide bonds. The molecule has 5 nitrogen and oxygen atoms in total. The van der Waals surface area contributed by atoms with Crippen molar-refractivity contribution in [2.24, 2.45) is 26.9 Å². The fraction of sp³-hybridized carbons (Fsp3) is 0.875. The van der Waals surface area contributed by atoms with Crippen LogP contribution in [0.2, 0.25) is 0 Å². The highest BCUT2D eigenvalue weighted by molar-refractivity contribution is 5.57. The van der Waals surface area contributed by atoms with Crippen molar-refractivity contribution >= 4 is 0 Å². The summed E-state index contributed by atoms with van der Waals surface area (Å²) in [5, 5.41) is 11.3. The van der Waals surface area contributed by atoms with Crippen LogP contribution in [-0.4, -0.2) is 27.5 Å². The van der Waals surface area contributed by atoms with Gasteiger partial charge in [-0.15, -0.1) is 0 Å². The van der Waals surface area contributed by atoms with Gasteiger partial charge in [-0.2, -0.15) is 10.2 Å². The molecule has 1 saturated carbocycles. The summed E-state index contributed by atoms with van der Waals surface area (Å²) in [4.78, 5) is 0. The fourth-order valence-electron chi connectivity index (χ4n) is 7.25. The average Bonchev–Trinajstić information content (AvgIpc) is 2.60. The molecule has 5 aliphatic rings. The van der Waals surface area contributed by atoms with Crippen molar-refractivity contribution in [2.75, 3.05) is 0 Å². The van der Waals surface area contributed by atoms with Crippen molar-refractivity contribution in [3.05, 3.63) is 11.1 Å². The van der Waals surface area contributed by atoms with E-state index in [2.05, 4.69) is 51.8 Å². The van der Waals surface area contributed by atoms with E-state index in [1.165, 1.54) is 11.1 Å². The van der Waals surface area contributed by atoms with Crippen molar-refractivity contribution in [1.29, 1.82) is 0 Å². The number of ether oxygens (including phenoxy) is 1. The number of azo groups is 1. The molecule has 3 heterocycles. The highest BCUT2D eigenvalue weighted by atomic mass is 16.6. The molecule has 21 heavy (non-hydrogen) atoms. The second kappa shape index (κ2) is 2.63. The van der Waals surface area contributed by atoms with Gasteiger partial charge in [0.05, 0.1) is 16.6 Å². The molecule has 6 atom stereocenters. The van der Waals surface area contributed by atoms with Gasteiger partial charge >= 0.3 is 0 Å². The lowest BCUT2D eigenvalue weighted by atomic mass is 9.54. The van der Waals surface area contributed by atoms with Crippen LogP contribution in [0, 0.1) is 10.8 Å². The minimum atomic E-state index is -0.550. The SMILES string of the molecule is CC1=C(C)CC23C4(C1)[C@@]1(C)N=N[C@]4(C)N(N)[C@@]2(C)[C@@]3(C)O1. The van der Waals surface area contributed by atoms with E-state index in [0.29, 0.717) is 0 Å². The third-order valence-corrected chi connectivity index (χ3v) is 8.42. The molecule has 0 aromatic rings. The van der Waals surface area contributed by atoms with Gasteiger partial charge in [0.2, 0.25) is 0 Å². The molecular formula is C16H24N4O. The predicted molar refractivity (Wildman–Crippen MR) is 78.1 cm³/mol. The molecule has 2 unspecified atom stereocenters. The van der Waals surface area contributed by atoms with Crippen molar-refractivity contribution < 1.29 is 4.74 Å². The highest BCUT2D eigenvalue weighted by Crippen LogP contribution is 2.95. The summed E-state index contributed by atoms with van der Waals surface area (Å²) in [5.74, 6) is 6.66. The second-order valence-corrected chi connectivity index (χ2v) is 8.51. The first-order valence-corrected chi connectivity index (χ1v) is 7.93. The molecule has 5 rings (SSSR count). The first-order chi connectivity index (χ1) is 9.58. The number of hydrazine groups is 1. The Bertz CT molecular complexity index is 688. The second-order valence-electron chi connectivity index (χ2n) is 8.51. The van der Waals surface area contributed by atoms with Crippen molar-refractivity contribution in [3.8, 4) is 0 Å². The Morgan fingerprint density at radius 2 is 1.57 bits per heavy atom. The van der Waals surface area contributed by atoms with E-state index in [1.54, 1.807) is 0 Å². The Balaban J connectivity index is 1.92. The van der Waals surface area contributed by atoms with Crippen molar-refractivity contribution in [1.82, 2.24) is 5.01 Å². The minimum Gasteiger partial charge on any atom is -0.343 e. The molecule has 5 heteroatoms. The first-order valence-electron chi connectivity index (χ1n) is 7.93. The summed E-state index contributed by atoms with van der Waals surface area (Å²) >= 11 is 0. The van der Waals surface area contributed by atoms with Gasteiger partial charge in [-0.1, -0.05) is 11.1 Å². The lowest BCUT2D eigenvalue weighted by molar-refractivity contribution is -0.105. The van der Waals surface area contributed by atoms with Gasteiger partial charge in [0.25, 0.3) is 0 Å². The number of allylic oxidation sites excluding steroid dienone is 2. The summed E-state index contributed by atoms with van der Waals surface area (Å²) in [7, 11) is 0. The maximum absolute atomic E-state index is 6.66. The Kier molecular flexibility index (Phi) is 1.60. The molecule has 2 aliphatic carbocycles. The van der Waals surface area contributed by atoms with Gasteiger partial charge in [-0.25, -0.2) is 5.01 Å². The fourth-order valence-corrected chi connectivity index (χ4v) is 7.25. The van der Waals surface area contributed by atoms with Crippen LogP contribution in [0.15, 0.2) is 21.4 Å². The van der Waals surface area contributed by atoms with E-state index in [0.717, 1.165) is 12.8 Å². The summed E-state index contributed by atoms with van der Waals surface area (Å²) in [6.45, 7) is 13.3. The number of fused-ring (bicyclic) bond motifs is 1. The maximum atomic E-state index is 6.66. The van der Waals surface area contributed by atoms with Crippen LogP contribution >= 0.6 is 0 Å². The summed E-state index contributed by atoms with van der Waals surface area (Å²) in [6, 6.07) is 0. The summed E-state index contributed by atoms with van der Waals surface area (Å²) < 4.78 is 6.64. The van der Waals surface area contributed by atoms with E-state index in [-0.39, 0.29) is 22.0 Å². The van der Waals surface area contributed by atoms with Crippen LogP contribution in [-0.2, 0) is 4.74 Å². The zero-order chi connectivity index (χ0) is 15.3.